The highest BCUT2D eigenvalue weighted by Gasteiger charge is 2.13. The molecule has 0 aliphatic heterocycles. The Morgan fingerprint density at radius 1 is 0.893 bits per heavy atom. The van der Waals surface area contributed by atoms with Crippen LogP contribution in [0.15, 0.2) is 65.8 Å². The van der Waals surface area contributed by atoms with Crippen LogP contribution in [0.3, 0.4) is 0 Å². The van der Waals surface area contributed by atoms with E-state index in [9.17, 15) is 9.59 Å². The molecule has 2 N–H and O–H groups in total. The van der Waals surface area contributed by atoms with E-state index in [4.69, 9.17) is 9.47 Å². The molecular weight excluding hydrogens is 358 g/mol. The van der Waals surface area contributed by atoms with Gasteiger partial charge in [0.15, 0.2) is 0 Å². The fourth-order valence-corrected chi connectivity index (χ4v) is 2.61. The zero-order valence-electron chi connectivity index (χ0n) is 15.4. The van der Waals surface area contributed by atoms with Crippen molar-refractivity contribution in [3.8, 4) is 11.5 Å². The van der Waals surface area contributed by atoms with Crippen LogP contribution in [0.5, 0.6) is 11.5 Å². The average molecular weight is 377 g/mol. The van der Waals surface area contributed by atoms with E-state index < -0.39 is 11.8 Å². The summed E-state index contributed by atoms with van der Waals surface area (Å²) in [6, 6.07) is 18.3. The predicted molar refractivity (Wildman–Crippen MR) is 108 cm³/mol. The minimum Gasteiger partial charge on any atom is -0.497 e. The van der Waals surface area contributed by atoms with Crippen LogP contribution >= 0.6 is 0 Å². The Hall–Kier alpha value is -3.87. The molecule has 3 aromatic rings. The molecule has 0 radical (unpaired) electrons. The Labute approximate surface area is 162 Å². The maximum absolute atomic E-state index is 12.1. The van der Waals surface area contributed by atoms with Gasteiger partial charge in [0.05, 0.1) is 20.4 Å². The van der Waals surface area contributed by atoms with Gasteiger partial charge in [-0.3, -0.25) is 9.59 Å². The number of methoxy groups -OCH3 is 2. The molecule has 7 nitrogen and oxygen atoms in total. The zero-order valence-corrected chi connectivity index (χ0v) is 15.4. The Morgan fingerprint density at radius 3 is 2.43 bits per heavy atom. The van der Waals surface area contributed by atoms with Gasteiger partial charge in [-0.25, -0.2) is 5.43 Å². The highest BCUT2D eigenvalue weighted by Crippen LogP contribution is 2.22. The van der Waals surface area contributed by atoms with Crippen molar-refractivity contribution in [2.24, 2.45) is 5.10 Å². The summed E-state index contributed by atoms with van der Waals surface area (Å²) in [4.78, 5) is 24.1. The predicted octanol–water partition coefficient (Wildman–Crippen LogP) is 2.95. The standard InChI is InChI=1S/C21H19N3O4/c1-27-18-9-10-19(28-2)16(12-18)13-22-24-21(26)20(25)23-17-8-7-14-5-3-4-6-15(14)11-17/h3-13H,1-2H3,(H,23,25)(H,24,26). The number of hydrogen-bond donors (Lipinski definition) is 2. The number of nitrogens with zero attached hydrogens (tertiary/aromatic N) is 1. The molecule has 0 aromatic heterocycles. The lowest BCUT2D eigenvalue weighted by atomic mass is 10.1. The zero-order chi connectivity index (χ0) is 19.9. The van der Waals surface area contributed by atoms with Crippen molar-refractivity contribution in [1.29, 1.82) is 0 Å². The normalized spacial score (nSPS) is 10.6. The van der Waals surface area contributed by atoms with Gasteiger partial charge >= 0.3 is 11.8 Å². The number of hydrogen-bond acceptors (Lipinski definition) is 5. The number of nitrogens with one attached hydrogen (secondary N) is 2. The van der Waals surface area contributed by atoms with Crippen molar-refractivity contribution >= 4 is 34.5 Å². The quantitative estimate of drug-likeness (QED) is 0.406. The van der Waals surface area contributed by atoms with Crippen LogP contribution in [0.1, 0.15) is 5.56 Å². The van der Waals surface area contributed by atoms with Gasteiger partial charge in [-0.2, -0.15) is 5.10 Å². The lowest BCUT2D eigenvalue weighted by Crippen LogP contribution is -2.32. The highest BCUT2D eigenvalue weighted by atomic mass is 16.5. The van der Waals surface area contributed by atoms with Crippen LogP contribution in [0.25, 0.3) is 10.8 Å². The first-order valence-corrected chi connectivity index (χ1v) is 8.46. The van der Waals surface area contributed by atoms with Crippen molar-refractivity contribution < 1.29 is 19.1 Å². The van der Waals surface area contributed by atoms with Crippen molar-refractivity contribution in [3.05, 3.63) is 66.2 Å². The van der Waals surface area contributed by atoms with Gasteiger partial charge in [0.1, 0.15) is 11.5 Å². The molecule has 2 amide bonds. The van der Waals surface area contributed by atoms with Gasteiger partial charge < -0.3 is 14.8 Å². The largest absolute Gasteiger partial charge is 0.497 e. The van der Waals surface area contributed by atoms with Crippen LogP contribution in [0, 0.1) is 0 Å². The highest BCUT2D eigenvalue weighted by molar-refractivity contribution is 6.39. The van der Waals surface area contributed by atoms with Gasteiger partial charge in [0.2, 0.25) is 0 Å². The van der Waals surface area contributed by atoms with Crippen LogP contribution in [-0.4, -0.2) is 32.2 Å². The summed E-state index contributed by atoms with van der Waals surface area (Å²) < 4.78 is 10.4. The molecule has 0 bridgehead atoms. The molecule has 0 saturated heterocycles. The summed E-state index contributed by atoms with van der Waals surface area (Å²) in [5, 5.41) is 8.38. The maximum atomic E-state index is 12.1. The van der Waals surface area contributed by atoms with E-state index in [0.717, 1.165) is 10.8 Å². The minimum atomic E-state index is -0.883. The number of amides is 2. The molecule has 0 fully saturated rings. The Bertz CT molecular complexity index is 1050. The number of benzene rings is 3. The topological polar surface area (TPSA) is 89.0 Å². The number of ether oxygens (including phenoxy) is 2. The van der Waals surface area contributed by atoms with E-state index in [-0.39, 0.29) is 0 Å². The summed E-state index contributed by atoms with van der Waals surface area (Å²) in [6.45, 7) is 0. The van der Waals surface area contributed by atoms with E-state index in [1.165, 1.54) is 13.3 Å². The fraction of sp³-hybridized carbons (Fsp3) is 0.0952. The number of carbonyl (C=O) groups excluding carboxylic acids is 2. The third kappa shape index (κ3) is 4.45. The molecule has 0 saturated carbocycles. The monoisotopic (exact) mass is 377 g/mol. The van der Waals surface area contributed by atoms with E-state index >= 15 is 0 Å². The van der Waals surface area contributed by atoms with Gasteiger partial charge in [0, 0.05) is 11.3 Å². The summed E-state index contributed by atoms with van der Waals surface area (Å²) in [6.07, 6.45) is 1.38. The molecule has 0 heterocycles. The van der Waals surface area contributed by atoms with Crippen LogP contribution in [0.2, 0.25) is 0 Å². The Morgan fingerprint density at radius 2 is 1.68 bits per heavy atom. The van der Waals surface area contributed by atoms with E-state index in [1.54, 1.807) is 37.4 Å². The van der Waals surface area contributed by atoms with E-state index in [0.29, 0.717) is 22.7 Å². The van der Waals surface area contributed by atoms with Crippen LogP contribution in [0.4, 0.5) is 5.69 Å². The van der Waals surface area contributed by atoms with E-state index in [1.807, 2.05) is 30.3 Å². The summed E-state index contributed by atoms with van der Waals surface area (Å²) in [7, 11) is 3.07. The number of rotatable bonds is 5. The molecule has 3 rings (SSSR count). The second kappa shape index (κ2) is 8.68. The number of carbonyl (C=O) groups is 2. The average Bonchev–Trinajstić information content (AvgIpc) is 2.73. The molecule has 142 valence electrons. The molecule has 0 aliphatic rings. The Balaban J connectivity index is 1.64. The first-order chi connectivity index (χ1) is 13.6. The van der Waals surface area contributed by atoms with Crippen LogP contribution < -0.4 is 20.2 Å². The maximum Gasteiger partial charge on any atom is 0.329 e. The molecule has 28 heavy (non-hydrogen) atoms. The van der Waals surface area contributed by atoms with E-state index in [2.05, 4.69) is 15.8 Å². The van der Waals surface area contributed by atoms with Crippen molar-refractivity contribution in [2.75, 3.05) is 19.5 Å². The lowest BCUT2D eigenvalue weighted by molar-refractivity contribution is -0.136. The van der Waals surface area contributed by atoms with Gasteiger partial charge in [-0.15, -0.1) is 0 Å². The van der Waals surface area contributed by atoms with Gasteiger partial charge in [0.25, 0.3) is 0 Å². The Kier molecular flexibility index (Phi) is 5.86. The number of fused-ring (bicyclic) bond motifs is 1. The summed E-state index contributed by atoms with van der Waals surface area (Å²) in [5.41, 5.74) is 3.32. The first kappa shape index (κ1) is 18.9. The fourth-order valence-electron chi connectivity index (χ4n) is 2.61. The minimum absolute atomic E-state index is 0.525. The molecule has 0 atom stereocenters. The first-order valence-electron chi connectivity index (χ1n) is 8.46. The van der Waals surface area contributed by atoms with Gasteiger partial charge in [-0.1, -0.05) is 30.3 Å². The third-order valence-corrected chi connectivity index (χ3v) is 4.02. The summed E-state index contributed by atoms with van der Waals surface area (Å²) >= 11 is 0. The van der Waals surface area contributed by atoms with Gasteiger partial charge in [-0.05, 0) is 41.1 Å². The van der Waals surface area contributed by atoms with Crippen molar-refractivity contribution in [2.45, 2.75) is 0 Å². The molecule has 3 aromatic carbocycles. The van der Waals surface area contributed by atoms with Crippen molar-refractivity contribution in [3.63, 3.8) is 0 Å². The SMILES string of the molecule is COc1ccc(OC)c(C=NNC(=O)C(=O)Nc2ccc3ccccc3c2)c1. The number of anilines is 1. The molecule has 0 unspecified atom stereocenters. The summed E-state index contributed by atoms with van der Waals surface area (Å²) in [5.74, 6) is -0.529. The lowest BCUT2D eigenvalue weighted by Gasteiger charge is -2.07. The second-order valence-corrected chi connectivity index (χ2v) is 5.82. The molecular formula is C21H19N3O4. The smallest absolute Gasteiger partial charge is 0.329 e. The number of hydrazone groups is 1. The molecule has 0 aliphatic carbocycles. The van der Waals surface area contributed by atoms with Crippen LogP contribution in [-0.2, 0) is 9.59 Å². The molecule has 7 heteroatoms. The second-order valence-electron chi connectivity index (χ2n) is 5.82. The third-order valence-electron chi connectivity index (χ3n) is 4.02. The van der Waals surface area contributed by atoms with Crippen molar-refractivity contribution in [1.82, 2.24) is 5.43 Å². The molecule has 0 spiro atoms.